The van der Waals surface area contributed by atoms with Crippen LogP contribution in [0, 0.1) is 5.82 Å². The van der Waals surface area contributed by atoms with Crippen LogP contribution >= 0.6 is 0 Å². The van der Waals surface area contributed by atoms with Gasteiger partial charge < -0.3 is 5.73 Å². The first-order valence-corrected chi connectivity index (χ1v) is 6.19. The molecule has 18 heavy (non-hydrogen) atoms. The van der Waals surface area contributed by atoms with E-state index in [1.54, 1.807) is 0 Å². The Morgan fingerprint density at radius 2 is 2.17 bits per heavy atom. The Bertz CT molecular complexity index is 683. The molecule has 0 saturated carbocycles. The number of para-hydroxylation sites is 1. The lowest BCUT2D eigenvalue weighted by Gasteiger charge is -2.07. The average molecular weight is 272 g/mol. The van der Waals surface area contributed by atoms with Crippen molar-refractivity contribution < 1.29 is 12.8 Å². The third-order valence-electron chi connectivity index (χ3n) is 2.04. The molecule has 1 heterocycles. The molecule has 0 atom stereocenters. The SMILES string of the molecule is Cn1nnc(NS(=O)(=O)c2cccc(F)c2N)n1. The summed E-state index contributed by atoms with van der Waals surface area (Å²) in [5.74, 6) is -1.04. The molecule has 2 aromatic rings. The Labute approximate surface area is 102 Å². The topological polar surface area (TPSA) is 116 Å². The molecule has 1 aromatic heterocycles. The number of nitrogens with zero attached hydrogens (tertiary/aromatic N) is 4. The van der Waals surface area contributed by atoms with Gasteiger partial charge >= 0.3 is 0 Å². The van der Waals surface area contributed by atoms with Crippen molar-refractivity contribution in [2.45, 2.75) is 4.90 Å². The van der Waals surface area contributed by atoms with Gasteiger partial charge in [-0.2, -0.15) is 4.80 Å². The minimum Gasteiger partial charge on any atom is -0.395 e. The van der Waals surface area contributed by atoms with Crippen LogP contribution in [0.4, 0.5) is 16.0 Å². The monoisotopic (exact) mass is 272 g/mol. The highest BCUT2D eigenvalue weighted by molar-refractivity contribution is 7.92. The lowest BCUT2D eigenvalue weighted by Crippen LogP contribution is -2.16. The molecule has 0 aliphatic heterocycles. The number of rotatable bonds is 3. The first-order chi connectivity index (χ1) is 8.40. The van der Waals surface area contributed by atoms with Gasteiger partial charge in [-0.05, 0) is 17.3 Å². The average Bonchev–Trinajstić information content (AvgIpc) is 2.67. The quantitative estimate of drug-likeness (QED) is 0.743. The van der Waals surface area contributed by atoms with Crippen molar-refractivity contribution >= 4 is 21.7 Å². The molecule has 1 aromatic carbocycles. The van der Waals surface area contributed by atoms with Gasteiger partial charge in [0.25, 0.3) is 16.0 Å². The number of nitrogens with two attached hydrogens (primary N) is 1. The number of anilines is 2. The van der Waals surface area contributed by atoms with Gasteiger partial charge in [0.2, 0.25) is 0 Å². The summed E-state index contributed by atoms with van der Waals surface area (Å²) >= 11 is 0. The molecule has 10 heteroatoms. The lowest BCUT2D eigenvalue weighted by atomic mass is 10.3. The number of aryl methyl sites for hydroxylation is 1. The van der Waals surface area contributed by atoms with Crippen LogP contribution in [0.3, 0.4) is 0 Å². The van der Waals surface area contributed by atoms with Crippen LogP contribution in [0.15, 0.2) is 23.1 Å². The van der Waals surface area contributed by atoms with E-state index >= 15 is 0 Å². The van der Waals surface area contributed by atoms with Gasteiger partial charge in [-0.15, -0.1) is 5.10 Å². The summed E-state index contributed by atoms with van der Waals surface area (Å²) in [7, 11) is -2.57. The molecule has 0 fully saturated rings. The highest BCUT2D eigenvalue weighted by Crippen LogP contribution is 2.22. The summed E-state index contributed by atoms with van der Waals surface area (Å²) < 4.78 is 39.0. The normalized spacial score (nSPS) is 11.4. The van der Waals surface area contributed by atoms with Crippen LogP contribution in [0.1, 0.15) is 0 Å². The number of halogens is 1. The molecule has 3 N–H and O–H groups in total. The second-order valence-corrected chi connectivity index (χ2v) is 5.01. The molecule has 0 saturated heterocycles. The van der Waals surface area contributed by atoms with E-state index in [0.717, 1.165) is 10.9 Å². The lowest BCUT2D eigenvalue weighted by molar-refractivity contribution is 0.596. The third kappa shape index (κ3) is 2.22. The Morgan fingerprint density at radius 1 is 1.44 bits per heavy atom. The van der Waals surface area contributed by atoms with Gasteiger partial charge in [0.1, 0.15) is 10.7 Å². The third-order valence-corrected chi connectivity index (χ3v) is 3.42. The van der Waals surface area contributed by atoms with E-state index in [-0.39, 0.29) is 10.8 Å². The zero-order valence-corrected chi connectivity index (χ0v) is 10.0. The smallest absolute Gasteiger partial charge is 0.277 e. The van der Waals surface area contributed by atoms with Gasteiger partial charge in [0, 0.05) is 0 Å². The van der Waals surface area contributed by atoms with Crippen LogP contribution in [0.25, 0.3) is 0 Å². The fourth-order valence-corrected chi connectivity index (χ4v) is 2.33. The molecular formula is C8H9FN6O2S. The largest absolute Gasteiger partial charge is 0.395 e. The van der Waals surface area contributed by atoms with Gasteiger partial charge in [-0.3, -0.25) is 0 Å². The maximum absolute atomic E-state index is 13.2. The molecule has 0 amide bonds. The maximum atomic E-state index is 13.2. The van der Waals surface area contributed by atoms with Crippen LogP contribution in [-0.2, 0) is 17.1 Å². The summed E-state index contributed by atoms with van der Waals surface area (Å²) in [6, 6.07) is 3.48. The molecule has 2 rings (SSSR count). The number of sulfonamides is 1. The van der Waals surface area contributed by atoms with Crippen LogP contribution < -0.4 is 10.5 Å². The fraction of sp³-hybridized carbons (Fsp3) is 0.125. The minimum absolute atomic E-state index is 0.221. The van der Waals surface area contributed by atoms with Crippen molar-refractivity contribution in [1.29, 1.82) is 0 Å². The predicted octanol–water partition coefficient (Wildman–Crippen LogP) is -0.268. The number of aromatic nitrogens is 4. The fourth-order valence-electron chi connectivity index (χ4n) is 1.25. The molecule has 0 unspecified atom stereocenters. The number of tetrazole rings is 1. The van der Waals surface area contributed by atoms with Crippen LogP contribution in [0.5, 0.6) is 0 Å². The minimum atomic E-state index is -4.05. The standard InChI is InChI=1S/C8H9FN6O2S/c1-15-12-8(11-14-15)13-18(16,17)6-4-2-3-5(9)7(6)10/h2-4H,10H2,1H3,(H,12,13). The molecule has 8 nitrogen and oxygen atoms in total. The summed E-state index contributed by atoms with van der Waals surface area (Å²) in [4.78, 5) is 0.697. The Kier molecular flexibility index (Phi) is 2.87. The van der Waals surface area contributed by atoms with Gasteiger partial charge in [0.05, 0.1) is 12.7 Å². The first kappa shape index (κ1) is 12.2. The zero-order valence-electron chi connectivity index (χ0n) is 9.20. The van der Waals surface area contributed by atoms with E-state index in [1.165, 1.54) is 19.2 Å². The Hall–Kier alpha value is -2.23. The Balaban J connectivity index is 2.40. The van der Waals surface area contributed by atoms with Crippen molar-refractivity contribution in [1.82, 2.24) is 20.2 Å². The van der Waals surface area contributed by atoms with Crippen molar-refractivity contribution in [3.8, 4) is 0 Å². The summed E-state index contributed by atoms with van der Waals surface area (Å²) in [6.07, 6.45) is 0. The number of nitrogen functional groups attached to an aromatic ring is 1. The predicted molar refractivity (Wildman–Crippen MR) is 60.4 cm³/mol. The Morgan fingerprint density at radius 3 is 2.78 bits per heavy atom. The molecule has 0 spiro atoms. The van der Waals surface area contributed by atoms with Crippen molar-refractivity contribution in [3.63, 3.8) is 0 Å². The van der Waals surface area contributed by atoms with E-state index in [2.05, 4.69) is 15.4 Å². The molecule has 0 aliphatic carbocycles. The molecular weight excluding hydrogens is 263 g/mol. The van der Waals surface area contributed by atoms with E-state index < -0.39 is 21.5 Å². The first-order valence-electron chi connectivity index (χ1n) is 4.71. The zero-order chi connectivity index (χ0) is 13.3. The van der Waals surface area contributed by atoms with Crippen molar-refractivity contribution in [3.05, 3.63) is 24.0 Å². The van der Waals surface area contributed by atoms with E-state index in [4.69, 9.17) is 5.73 Å². The highest BCUT2D eigenvalue weighted by Gasteiger charge is 2.21. The molecule has 96 valence electrons. The number of hydrogen-bond acceptors (Lipinski definition) is 6. The molecule has 0 radical (unpaired) electrons. The number of hydrogen-bond donors (Lipinski definition) is 2. The van der Waals surface area contributed by atoms with E-state index in [9.17, 15) is 12.8 Å². The van der Waals surface area contributed by atoms with E-state index in [1.807, 2.05) is 4.72 Å². The van der Waals surface area contributed by atoms with Gasteiger partial charge in [-0.1, -0.05) is 11.2 Å². The summed E-state index contributed by atoms with van der Waals surface area (Å²) in [5.41, 5.74) is 4.91. The van der Waals surface area contributed by atoms with Gasteiger partial charge in [-0.25, -0.2) is 17.5 Å². The highest BCUT2D eigenvalue weighted by atomic mass is 32.2. The summed E-state index contributed by atoms with van der Waals surface area (Å²) in [6.45, 7) is 0. The van der Waals surface area contributed by atoms with E-state index in [0.29, 0.717) is 0 Å². The number of nitrogens with one attached hydrogen (secondary N) is 1. The van der Waals surface area contributed by atoms with Crippen molar-refractivity contribution in [2.75, 3.05) is 10.5 Å². The second-order valence-electron chi connectivity index (χ2n) is 3.36. The maximum Gasteiger partial charge on any atom is 0.277 e. The summed E-state index contributed by atoms with van der Waals surface area (Å²) in [5, 5.41) is 10.6. The van der Waals surface area contributed by atoms with Gasteiger partial charge in [0.15, 0.2) is 0 Å². The molecule has 0 bridgehead atoms. The van der Waals surface area contributed by atoms with Crippen molar-refractivity contribution in [2.24, 2.45) is 7.05 Å². The molecule has 0 aliphatic rings. The van der Waals surface area contributed by atoms with Crippen LogP contribution in [0.2, 0.25) is 0 Å². The second kappa shape index (κ2) is 4.22. The number of benzene rings is 1. The van der Waals surface area contributed by atoms with Crippen LogP contribution in [-0.4, -0.2) is 28.6 Å².